The number of nitrogens with one attached hydrogen (secondary N) is 1. The molecule has 3 aromatic rings. The Bertz CT molecular complexity index is 1230. The zero-order valence-corrected chi connectivity index (χ0v) is 18.3. The SMILES string of the molecule is O=C(Nc1cccnc1C(=O)N1CCCC1C(=O)O)OCC1c2ccccc2-c2ccccc21. The molecule has 2 aromatic carbocycles. The Balaban J connectivity index is 1.30. The Labute approximate surface area is 196 Å². The van der Waals surface area contributed by atoms with Crippen molar-refractivity contribution in [3.8, 4) is 11.1 Å². The smallest absolute Gasteiger partial charge is 0.411 e. The number of hydrogen-bond acceptors (Lipinski definition) is 5. The predicted octanol–water partition coefficient (Wildman–Crippen LogP) is 4.13. The first-order valence-corrected chi connectivity index (χ1v) is 11.2. The maximum atomic E-state index is 13.0. The third-order valence-electron chi connectivity index (χ3n) is 6.39. The molecule has 1 aliphatic carbocycles. The quantitative estimate of drug-likeness (QED) is 0.596. The molecule has 0 bridgehead atoms. The topological polar surface area (TPSA) is 109 Å². The molecule has 8 heteroatoms. The Kier molecular flexibility index (Phi) is 5.71. The van der Waals surface area contributed by atoms with Gasteiger partial charge in [0.25, 0.3) is 5.91 Å². The molecular formula is C26H23N3O5. The average molecular weight is 457 g/mol. The summed E-state index contributed by atoms with van der Waals surface area (Å²) in [6, 6.07) is 18.3. The Morgan fingerprint density at radius 3 is 2.35 bits per heavy atom. The van der Waals surface area contributed by atoms with Gasteiger partial charge in [-0.1, -0.05) is 48.5 Å². The molecule has 1 aromatic heterocycles. The third kappa shape index (κ3) is 3.87. The van der Waals surface area contributed by atoms with E-state index in [9.17, 15) is 19.5 Å². The Morgan fingerprint density at radius 1 is 1.00 bits per heavy atom. The number of benzene rings is 2. The molecule has 0 radical (unpaired) electrons. The van der Waals surface area contributed by atoms with Crippen molar-refractivity contribution in [3.05, 3.63) is 83.7 Å². The van der Waals surface area contributed by atoms with Crippen LogP contribution in [-0.4, -0.2) is 52.2 Å². The van der Waals surface area contributed by atoms with Gasteiger partial charge in [0.15, 0.2) is 5.69 Å². The molecule has 0 saturated carbocycles. The summed E-state index contributed by atoms with van der Waals surface area (Å²) in [4.78, 5) is 42.6. The molecular weight excluding hydrogens is 434 g/mol. The van der Waals surface area contributed by atoms with Crippen molar-refractivity contribution in [3.63, 3.8) is 0 Å². The summed E-state index contributed by atoms with van der Waals surface area (Å²) in [5, 5.41) is 12.0. The monoisotopic (exact) mass is 457 g/mol. The van der Waals surface area contributed by atoms with Crippen molar-refractivity contribution in [1.29, 1.82) is 0 Å². The van der Waals surface area contributed by atoms with E-state index in [2.05, 4.69) is 22.4 Å². The van der Waals surface area contributed by atoms with Gasteiger partial charge in [-0.25, -0.2) is 14.6 Å². The van der Waals surface area contributed by atoms with E-state index in [0.29, 0.717) is 19.4 Å². The van der Waals surface area contributed by atoms with Crippen molar-refractivity contribution in [2.75, 3.05) is 18.5 Å². The van der Waals surface area contributed by atoms with Crippen molar-refractivity contribution >= 4 is 23.7 Å². The number of rotatable bonds is 5. The van der Waals surface area contributed by atoms with Crippen LogP contribution in [-0.2, 0) is 9.53 Å². The summed E-state index contributed by atoms with van der Waals surface area (Å²) in [6.45, 7) is 0.466. The summed E-state index contributed by atoms with van der Waals surface area (Å²) in [6.07, 6.45) is 1.72. The lowest BCUT2D eigenvalue weighted by molar-refractivity contribution is -0.141. The number of carboxylic acids is 1. The van der Waals surface area contributed by atoms with Gasteiger partial charge in [-0.2, -0.15) is 0 Å². The number of carboxylic acid groups (broad SMARTS) is 1. The predicted molar refractivity (Wildman–Crippen MR) is 125 cm³/mol. The van der Waals surface area contributed by atoms with Gasteiger partial charge in [-0.15, -0.1) is 0 Å². The second kappa shape index (κ2) is 8.97. The highest BCUT2D eigenvalue weighted by atomic mass is 16.5. The maximum Gasteiger partial charge on any atom is 0.411 e. The number of pyridine rings is 1. The molecule has 1 fully saturated rings. The number of aromatic nitrogens is 1. The van der Waals surface area contributed by atoms with E-state index in [-0.39, 0.29) is 23.9 Å². The van der Waals surface area contributed by atoms with Crippen LogP contribution >= 0.6 is 0 Å². The minimum Gasteiger partial charge on any atom is -0.480 e. The van der Waals surface area contributed by atoms with Gasteiger partial charge in [0.05, 0.1) is 5.69 Å². The van der Waals surface area contributed by atoms with E-state index in [1.165, 1.54) is 11.1 Å². The van der Waals surface area contributed by atoms with Gasteiger partial charge in [0.2, 0.25) is 0 Å². The van der Waals surface area contributed by atoms with Crippen LogP contribution < -0.4 is 5.32 Å². The van der Waals surface area contributed by atoms with Crippen LogP contribution in [0.15, 0.2) is 66.9 Å². The minimum absolute atomic E-state index is 0.0100. The molecule has 8 nitrogen and oxygen atoms in total. The first kappa shape index (κ1) is 21.6. The number of carbonyl (C=O) groups excluding carboxylic acids is 2. The number of likely N-dealkylation sites (tertiary alicyclic amines) is 1. The Hall–Kier alpha value is -4.20. The molecule has 172 valence electrons. The van der Waals surface area contributed by atoms with E-state index >= 15 is 0 Å². The lowest BCUT2D eigenvalue weighted by atomic mass is 9.98. The standard InChI is InChI=1S/C26H23N3O5/c30-24(29-14-6-12-22(29)25(31)32)23-21(11-5-13-27-23)28-26(33)34-15-20-18-9-3-1-7-16(18)17-8-2-4-10-19(17)20/h1-5,7-11,13,20,22H,6,12,14-15H2,(H,28,33)(H,31,32). The highest BCUT2D eigenvalue weighted by Crippen LogP contribution is 2.44. The lowest BCUT2D eigenvalue weighted by Crippen LogP contribution is -2.41. The number of hydrogen-bond donors (Lipinski definition) is 2. The molecule has 2 heterocycles. The van der Waals surface area contributed by atoms with E-state index < -0.39 is 24.0 Å². The fourth-order valence-corrected chi connectivity index (χ4v) is 4.82. The van der Waals surface area contributed by atoms with Crippen LogP contribution in [0, 0.1) is 0 Å². The van der Waals surface area contributed by atoms with Crippen molar-refractivity contribution < 1.29 is 24.2 Å². The highest BCUT2D eigenvalue weighted by molar-refractivity contribution is 6.02. The van der Waals surface area contributed by atoms with Gasteiger partial charge < -0.3 is 14.7 Å². The summed E-state index contributed by atoms with van der Waals surface area (Å²) >= 11 is 0. The number of nitrogens with zero attached hydrogens (tertiary/aromatic N) is 2. The van der Waals surface area contributed by atoms with Crippen molar-refractivity contribution in [2.24, 2.45) is 0 Å². The lowest BCUT2D eigenvalue weighted by Gasteiger charge is -2.22. The summed E-state index contributed by atoms with van der Waals surface area (Å²) in [5.41, 5.74) is 4.63. The molecule has 1 unspecified atom stereocenters. The first-order chi connectivity index (χ1) is 16.5. The van der Waals surface area contributed by atoms with Crippen molar-refractivity contribution in [2.45, 2.75) is 24.8 Å². The zero-order valence-electron chi connectivity index (χ0n) is 18.3. The molecule has 1 atom stereocenters. The van der Waals surface area contributed by atoms with Gasteiger partial charge in [0, 0.05) is 18.7 Å². The summed E-state index contributed by atoms with van der Waals surface area (Å²) in [7, 11) is 0. The van der Waals surface area contributed by atoms with Gasteiger partial charge in [-0.05, 0) is 47.2 Å². The largest absolute Gasteiger partial charge is 0.480 e. The van der Waals surface area contributed by atoms with Gasteiger partial charge in [-0.3, -0.25) is 10.1 Å². The van der Waals surface area contributed by atoms with E-state index in [4.69, 9.17) is 4.74 Å². The maximum absolute atomic E-state index is 13.0. The van der Waals surface area contributed by atoms with Gasteiger partial charge in [0.1, 0.15) is 12.6 Å². The van der Waals surface area contributed by atoms with E-state index in [1.54, 1.807) is 12.1 Å². The van der Waals surface area contributed by atoms with Crippen LogP contribution in [0.1, 0.15) is 40.4 Å². The van der Waals surface area contributed by atoms with E-state index in [0.717, 1.165) is 22.3 Å². The normalized spacial score (nSPS) is 16.6. The Morgan fingerprint density at radius 2 is 1.68 bits per heavy atom. The average Bonchev–Trinajstić information content (AvgIpc) is 3.46. The van der Waals surface area contributed by atoms with Gasteiger partial charge >= 0.3 is 12.1 Å². The molecule has 5 rings (SSSR count). The number of anilines is 1. The molecule has 2 amide bonds. The molecule has 2 N–H and O–H groups in total. The van der Waals surface area contributed by atoms with Crippen LogP contribution in [0.3, 0.4) is 0 Å². The second-order valence-corrected chi connectivity index (χ2v) is 8.34. The molecule has 1 aliphatic heterocycles. The van der Waals surface area contributed by atoms with Crippen LogP contribution in [0.4, 0.5) is 10.5 Å². The molecule has 1 saturated heterocycles. The molecule has 0 spiro atoms. The number of aliphatic carboxylic acids is 1. The van der Waals surface area contributed by atoms with Crippen LogP contribution in [0.2, 0.25) is 0 Å². The fourth-order valence-electron chi connectivity index (χ4n) is 4.82. The zero-order chi connectivity index (χ0) is 23.7. The summed E-state index contributed by atoms with van der Waals surface area (Å²) < 4.78 is 5.57. The number of ether oxygens (including phenoxy) is 1. The highest BCUT2D eigenvalue weighted by Gasteiger charge is 2.36. The summed E-state index contributed by atoms with van der Waals surface area (Å²) in [5.74, 6) is -1.67. The van der Waals surface area contributed by atoms with Crippen LogP contribution in [0.5, 0.6) is 0 Å². The number of fused-ring (bicyclic) bond motifs is 3. The first-order valence-electron chi connectivity index (χ1n) is 11.2. The second-order valence-electron chi connectivity index (χ2n) is 8.34. The number of carbonyl (C=O) groups is 3. The fraction of sp³-hybridized carbons (Fsp3) is 0.231. The van der Waals surface area contributed by atoms with E-state index in [1.807, 2.05) is 36.4 Å². The molecule has 34 heavy (non-hydrogen) atoms. The third-order valence-corrected chi connectivity index (χ3v) is 6.39. The number of amides is 2. The molecule has 2 aliphatic rings. The van der Waals surface area contributed by atoms with Crippen LogP contribution in [0.25, 0.3) is 11.1 Å². The minimum atomic E-state index is -1.05. The van der Waals surface area contributed by atoms with Crippen molar-refractivity contribution in [1.82, 2.24) is 9.88 Å².